The van der Waals surface area contributed by atoms with Crippen molar-refractivity contribution >= 4 is 23.6 Å². The molecule has 2 aliphatic rings. The lowest BCUT2D eigenvalue weighted by atomic mass is 9.85. The SMILES string of the molecule is O=C(O)c1nccnc1N1C(=O)[C@H]2CC=CC[C@H]2C1=O. The van der Waals surface area contributed by atoms with Gasteiger partial charge in [0.15, 0.2) is 11.5 Å². The van der Waals surface area contributed by atoms with Crippen molar-refractivity contribution in [3.63, 3.8) is 0 Å². The Hall–Kier alpha value is -2.57. The number of hydrogen-bond acceptors (Lipinski definition) is 5. The van der Waals surface area contributed by atoms with Crippen molar-refractivity contribution in [2.24, 2.45) is 11.8 Å². The van der Waals surface area contributed by atoms with Gasteiger partial charge in [0.1, 0.15) is 0 Å². The van der Waals surface area contributed by atoms with Gasteiger partial charge in [-0.3, -0.25) is 9.59 Å². The molecule has 2 heterocycles. The molecular formula is C13H11N3O4. The fourth-order valence-corrected chi connectivity index (χ4v) is 2.65. The van der Waals surface area contributed by atoms with E-state index >= 15 is 0 Å². The number of carboxylic acids is 1. The number of nitrogens with zero attached hydrogens (tertiary/aromatic N) is 3. The maximum Gasteiger partial charge on any atom is 0.358 e. The highest BCUT2D eigenvalue weighted by molar-refractivity contribution is 6.23. The van der Waals surface area contributed by atoms with Crippen molar-refractivity contribution in [2.45, 2.75) is 12.8 Å². The molecule has 0 radical (unpaired) electrons. The number of anilines is 1. The van der Waals surface area contributed by atoms with Crippen LogP contribution in [-0.4, -0.2) is 32.9 Å². The van der Waals surface area contributed by atoms with E-state index in [1.54, 1.807) is 0 Å². The zero-order chi connectivity index (χ0) is 14.3. The number of carbonyl (C=O) groups is 3. The van der Waals surface area contributed by atoms with Gasteiger partial charge in [-0.05, 0) is 12.8 Å². The number of allylic oxidation sites excluding steroid dienone is 2. The number of fused-ring (bicyclic) bond motifs is 1. The summed E-state index contributed by atoms with van der Waals surface area (Å²) in [5.41, 5.74) is -0.388. The van der Waals surface area contributed by atoms with Crippen LogP contribution in [-0.2, 0) is 9.59 Å². The van der Waals surface area contributed by atoms with Gasteiger partial charge < -0.3 is 5.11 Å². The molecule has 1 aromatic rings. The van der Waals surface area contributed by atoms with Crippen LogP contribution < -0.4 is 4.90 Å². The van der Waals surface area contributed by atoms with E-state index in [1.165, 1.54) is 12.4 Å². The Balaban J connectivity index is 2.06. The minimum absolute atomic E-state index is 0.190. The fourth-order valence-electron chi connectivity index (χ4n) is 2.65. The van der Waals surface area contributed by atoms with Crippen LogP contribution in [0.4, 0.5) is 5.82 Å². The molecule has 0 bridgehead atoms. The lowest BCUT2D eigenvalue weighted by Crippen LogP contribution is -2.33. The van der Waals surface area contributed by atoms with Crippen molar-refractivity contribution in [1.82, 2.24) is 9.97 Å². The summed E-state index contributed by atoms with van der Waals surface area (Å²) in [7, 11) is 0. The molecule has 0 aromatic carbocycles. The number of imide groups is 1. The molecule has 7 nitrogen and oxygen atoms in total. The second kappa shape index (κ2) is 4.52. The topological polar surface area (TPSA) is 100 Å². The van der Waals surface area contributed by atoms with Crippen LogP contribution in [0, 0.1) is 11.8 Å². The van der Waals surface area contributed by atoms with Crippen LogP contribution in [0.15, 0.2) is 24.5 Å². The van der Waals surface area contributed by atoms with Crippen molar-refractivity contribution in [2.75, 3.05) is 4.90 Å². The Bertz CT molecular complexity index is 614. The van der Waals surface area contributed by atoms with Crippen molar-refractivity contribution < 1.29 is 19.5 Å². The molecule has 7 heteroatoms. The molecule has 0 unspecified atom stereocenters. The summed E-state index contributed by atoms with van der Waals surface area (Å²) < 4.78 is 0. The van der Waals surface area contributed by atoms with E-state index in [9.17, 15) is 14.4 Å². The van der Waals surface area contributed by atoms with Gasteiger partial charge in [0.25, 0.3) is 0 Å². The minimum atomic E-state index is -1.32. The van der Waals surface area contributed by atoms with Crippen LogP contribution in [0.5, 0.6) is 0 Å². The summed E-state index contributed by atoms with van der Waals surface area (Å²) in [6.07, 6.45) is 7.20. The lowest BCUT2D eigenvalue weighted by molar-refractivity contribution is -0.122. The Labute approximate surface area is 113 Å². The number of carboxylic acid groups (broad SMARTS) is 1. The first-order valence-corrected chi connectivity index (χ1v) is 6.18. The smallest absolute Gasteiger partial charge is 0.358 e. The number of amides is 2. The molecule has 0 spiro atoms. The second-order valence-corrected chi connectivity index (χ2v) is 4.70. The van der Waals surface area contributed by atoms with Gasteiger partial charge in [-0.25, -0.2) is 19.7 Å². The van der Waals surface area contributed by atoms with Gasteiger partial charge in [0.05, 0.1) is 11.8 Å². The molecule has 3 rings (SSSR count). The predicted molar refractivity (Wildman–Crippen MR) is 66.8 cm³/mol. The van der Waals surface area contributed by atoms with E-state index in [-0.39, 0.29) is 11.5 Å². The van der Waals surface area contributed by atoms with E-state index in [4.69, 9.17) is 5.11 Å². The summed E-state index contributed by atoms with van der Waals surface area (Å²) in [4.78, 5) is 44.2. The number of hydrogen-bond donors (Lipinski definition) is 1. The Morgan fingerprint density at radius 2 is 1.65 bits per heavy atom. The van der Waals surface area contributed by atoms with Crippen LogP contribution in [0.25, 0.3) is 0 Å². The molecule has 2 amide bonds. The van der Waals surface area contributed by atoms with Gasteiger partial charge in [0, 0.05) is 12.4 Å². The molecule has 1 aliphatic carbocycles. The van der Waals surface area contributed by atoms with E-state index in [0.29, 0.717) is 12.8 Å². The Morgan fingerprint density at radius 1 is 1.10 bits per heavy atom. The summed E-state index contributed by atoms with van der Waals surface area (Å²) in [5.74, 6) is -3.14. The van der Waals surface area contributed by atoms with Crippen molar-refractivity contribution in [1.29, 1.82) is 0 Å². The number of aromatic nitrogens is 2. The Morgan fingerprint density at radius 3 is 2.20 bits per heavy atom. The number of aromatic carboxylic acids is 1. The minimum Gasteiger partial charge on any atom is -0.476 e. The fraction of sp³-hybridized carbons (Fsp3) is 0.308. The summed E-state index contributed by atoms with van der Waals surface area (Å²) in [6.45, 7) is 0. The van der Waals surface area contributed by atoms with E-state index in [2.05, 4.69) is 9.97 Å². The molecular weight excluding hydrogens is 262 g/mol. The average Bonchev–Trinajstić information content (AvgIpc) is 2.71. The average molecular weight is 273 g/mol. The van der Waals surface area contributed by atoms with E-state index in [0.717, 1.165) is 4.90 Å². The molecule has 1 aliphatic heterocycles. The highest BCUT2D eigenvalue weighted by Crippen LogP contribution is 2.37. The van der Waals surface area contributed by atoms with Crippen molar-refractivity contribution in [3.8, 4) is 0 Å². The molecule has 1 fully saturated rings. The zero-order valence-electron chi connectivity index (χ0n) is 10.4. The standard InChI is InChI=1S/C13H11N3O4/c17-11-7-3-1-2-4-8(7)12(18)16(11)10-9(13(19)20)14-5-6-15-10/h1-2,5-8H,3-4H2,(H,19,20)/t7-,8+. The maximum absolute atomic E-state index is 12.3. The molecule has 1 saturated heterocycles. The molecule has 1 N–H and O–H groups in total. The van der Waals surface area contributed by atoms with E-state index < -0.39 is 29.6 Å². The molecule has 0 saturated carbocycles. The second-order valence-electron chi connectivity index (χ2n) is 4.70. The number of carbonyl (C=O) groups excluding carboxylic acids is 2. The zero-order valence-corrected chi connectivity index (χ0v) is 10.4. The number of rotatable bonds is 2. The largest absolute Gasteiger partial charge is 0.476 e. The molecule has 102 valence electrons. The molecule has 20 heavy (non-hydrogen) atoms. The van der Waals surface area contributed by atoms with Gasteiger partial charge in [-0.1, -0.05) is 12.2 Å². The van der Waals surface area contributed by atoms with Crippen molar-refractivity contribution in [3.05, 3.63) is 30.2 Å². The lowest BCUT2D eigenvalue weighted by Gasteiger charge is -2.14. The van der Waals surface area contributed by atoms with Gasteiger partial charge in [-0.15, -0.1) is 0 Å². The third-order valence-corrected chi connectivity index (χ3v) is 3.60. The van der Waals surface area contributed by atoms with Crippen LogP contribution in [0.2, 0.25) is 0 Å². The highest BCUT2D eigenvalue weighted by Gasteiger charge is 2.49. The maximum atomic E-state index is 12.3. The molecule has 1 aromatic heterocycles. The van der Waals surface area contributed by atoms with Gasteiger partial charge >= 0.3 is 5.97 Å². The Kier molecular flexibility index (Phi) is 2.81. The van der Waals surface area contributed by atoms with Crippen LogP contribution >= 0.6 is 0 Å². The first-order chi connectivity index (χ1) is 9.61. The predicted octanol–water partition coefficient (Wildman–Crippen LogP) is 0.630. The third kappa shape index (κ3) is 1.70. The monoisotopic (exact) mass is 273 g/mol. The summed E-state index contributed by atoms with van der Waals surface area (Å²) in [5, 5.41) is 9.09. The van der Waals surface area contributed by atoms with Crippen LogP contribution in [0.1, 0.15) is 23.3 Å². The first kappa shape index (κ1) is 12.5. The summed E-state index contributed by atoms with van der Waals surface area (Å²) in [6, 6.07) is 0. The van der Waals surface area contributed by atoms with Crippen LogP contribution in [0.3, 0.4) is 0 Å². The third-order valence-electron chi connectivity index (χ3n) is 3.60. The molecule has 2 atom stereocenters. The quantitative estimate of drug-likeness (QED) is 0.626. The van der Waals surface area contributed by atoms with Gasteiger partial charge in [-0.2, -0.15) is 0 Å². The summed E-state index contributed by atoms with van der Waals surface area (Å²) >= 11 is 0. The van der Waals surface area contributed by atoms with Gasteiger partial charge in [0.2, 0.25) is 11.8 Å². The highest BCUT2D eigenvalue weighted by atomic mass is 16.4. The first-order valence-electron chi connectivity index (χ1n) is 6.18. The van der Waals surface area contributed by atoms with E-state index in [1.807, 2.05) is 12.2 Å². The normalized spacial score (nSPS) is 24.9.